The van der Waals surface area contributed by atoms with Crippen LogP contribution >= 0.6 is 11.6 Å². The minimum absolute atomic E-state index is 0.0567. The first-order valence-electron chi connectivity index (χ1n) is 4.27. The average molecular weight is 214 g/mol. The zero-order valence-electron chi connectivity index (χ0n) is 8.14. The number of carbonyl (C=O) groups excluding carboxylic acids is 1. The van der Waals surface area contributed by atoms with Gasteiger partial charge in [-0.2, -0.15) is 10.2 Å². The molecule has 0 bridgehead atoms. The lowest BCUT2D eigenvalue weighted by atomic mass is 10.2. The fraction of sp³-hybridized carbons (Fsp3) is 0.444. The molecule has 4 nitrogen and oxygen atoms in total. The lowest BCUT2D eigenvalue weighted by Gasteiger charge is -2.17. The molecule has 76 valence electrons. The average Bonchev–Trinajstić information content (AvgIpc) is 2.17. The number of aromatic nitrogens is 2. The number of alkyl halides is 1. The van der Waals surface area contributed by atoms with Crippen LogP contribution in [0.15, 0.2) is 18.5 Å². The lowest BCUT2D eigenvalue weighted by molar-refractivity contribution is 0.0795. The van der Waals surface area contributed by atoms with Crippen LogP contribution < -0.4 is 0 Å². The molecule has 1 atom stereocenters. The highest BCUT2D eigenvalue weighted by Gasteiger charge is 2.12. The van der Waals surface area contributed by atoms with E-state index in [4.69, 9.17) is 11.6 Å². The van der Waals surface area contributed by atoms with Gasteiger partial charge >= 0.3 is 0 Å². The van der Waals surface area contributed by atoms with Crippen LogP contribution in [0.25, 0.3) is 0 Å². The van der Waals surface area contributed by atoms with Crippen molar-refractivity contribution in [3.05, 3.63) is 24.0 Å². The fourth-order valence-electron chi connectivity index (χ4n) is 1.10. The van der Waals surface area contributed by atoms with Gasteiger partial charge in [-0.05, 0) is 13.0 Å². The van der Waals surface area contributed by atoms with Gasteiger partial charge in [0.2, 0.25) is 0 Å². The molecule has 1 aromatic rings. The molecular weight excluding hydrogens is 202 g/mol. The highest BCUT2D eigenvalue weighted by Crippen LogP contribution is 2.03. The van der Waals surface area contributed by atoms with Crippen LogP contribution in [0.4, 0.5) is 0 Å². The number of hydrogen-bond acceptors (Lipinski definition) is 3. The molecule has 5 heteroatoms. The van der Waals surface area contributed by atoms with Crippen LogP contribution in [-0.2, 0) is 0 Å². The summed E-state index contributed by atoms with van der Waals surface area (Å²) >= 11 is 5.78. The summed E-state index contributed by atoms with van der Waals surface area (Å²) in [7, 11) is 1.71. The van der Waals surface area contributed by atoms with E-state index < -0.39 is 0 Å². The van der Waals surface area contributed by atoms with Gasteiger partial charge in [-0.25, -0.2) is 0 Å². The predicted molar refractivity (Wildman–Crippen MR) is 54.3 cm³/mol. The lowest BCUT2D eigenvalue weighted by Crippen LogP contribution is -2.31. The highest BCUT2D eigenvalue weighted by atomic mass is 35.5. The number of nitrogens with zero attached hydrogens (tertiary/aromatic N) is 3. The molecule has 0 aliphatic heterocycles. The summed E-state index contributed by atoms with van der Waals surface area (Å²) in [6.07, 6.45) is 2.93. The molecule has 1 rings (SSSR count). The van der Waals surface area contributed by atoms with Crippen molar-refractivity contribution in [1.82, 2.24) is 15.1 Å². The third-order valence-corrected chi connectivity index (χ3v) is 1.84. The summed E-state index contributed by atoms with van der Waals surface area (Å²) in [4.78, 5) is 13.2. The van der Waals surface area contributed by atoms with E-state index in [1.54, 1.807) is 18.0 Å². The van der Waals surface area contributed by atoms with E-state index in [2.05, 4.69) is 10.2 Å². The van der Waals surface area contributed by atoms with Gasteiger partial charge in [-0.3, -0.25) is 4.79 Å². The molecule has 1 heterocycles. The first-order chi connectivity index (χ1) is 6.61. The highest BCUT2D eigenvalue weighted by molar-refractivity contribution is 6.20. The maximum atomic E-state index is 11.7. The van der Waals surface area contributed by atoms with Gasteiger partial charge < -0.3 is 4.90 Å². The van der Waals surface area contributed by atoms with Crippen molar-refractivity contribution in [3.8, 4) is 0 Å². The maximum Gasteiger partial charge on any atom is 0.255 e. The summed E-state index contributed by atoms with van der Waals surface area (Å²) in [5.41, 5.74) is 0.528. The molecule has 1 aromatic heterocycles. The van der Waals surface area contributed by atoms with Crippen molar-refractivity contribution in [2.24, 2.45) is 0 Å². The quantitative estimate of drug-likeness (QED) is 0.709. The van der Waals surface area contributed by atoms with Gasteiger partial charge in [0, 0.05) is 19.0 Å². The van der Waals surface area contributed by atoms with Crippen molar-refractivity contribution in [1.29, 1.82) is 0 Å². The van der Waals surface area contributed by atoms with E-state index >= 15 is 0 Å². The van der Waals surface area contributed by atoms with Gasteiger partial charge in [0.15, 0.2) is 0 Å². The normalized spacial score (nSPS) is 12.2. The van der Waals surface area contributed by atoms with Crippen LogP contribution in [0.3, 0.4) is 0 Å². The summed E-state index contributed by atoms with van der Waals surface area (Å²) in [5.74, 6) is -0.0904. The van der Waals surface area contributed by atoms with Crippen LogP contribution in [0.2, 0.25) is 0 Å². The van der Waals surface area contributed by atoms with E-state index in [9.17, 15) is 4.79 Å². The molecule has 0 aliphatic rings. The summed E-state index contributed by atoms with van der Waals surface area (Å²) in [5, 5.41) is 7.18. The second kappa shape index (κ2) is 4.91. The fourth-order valence-corrected chi connectivity index (χ4v) is 1.30. The summed E-state index contributed by atoms with van der Waals surface area (Å²) in [6, 6.07) is 1.63. The van der Waals surface area contributed by atoms with Crippen LogP contribution in [0.5, 0.6) is 0 Å². The monoisotopic (exact) mass is 213 g/mol. The first-order valence-corrected chi connectivity index (χ1v) is 4.71. The molecular formula is C9H12ClN3O. The molecule has 0 radical (unpaired) electrons. The zero-order chi connectivity index (χ0) is 10.6. The second-order valence-corrected chi connectivity index (χ2v) is 3.84. The SMILES string of the molecule is CC(Cl)CN(C)C(=O)c1ccnnc1. The van der Waals surface area contributed by atoms with E-state index in [0.717, 1.165) is 0 Å². The third-order valence-electron chi connectivity index (χ3n) is 1.70. The number of halogens is 1. The zero-order valence-corrected chi connectivity index (χ0v) is 8.90. The molecule has 0 aliphatic carbocycles. The van der Waals surface area contributed by atoms with E-state index in [1.165, 1.54) is 12.4 Å². The second-order valence-electron chi connectivity index (χ2n) is 3.10. The summed E-state index contributed by atoms with van der Waals surface area (Å²) < 4.78 is 0. The van der Waals surface area contributed by atoms with E-state index in [0.29, 0.717) is 12.1 Å². The topological polar surface area (TPSA) is 46.1 Å². The molecule has 0 saturated heterocycles. The standard InChI is InChI=1S/C9H12ClN3O/c1-7(10)6-13(2)9(14)8-3-4-11-12-5-8/h3-5,7H,6H2,1-2H3. The first kappa shape index (κ1) is 10.9. The van der Waals surface area contributed by atoms with Gasteiger partial charge in [0.05, 0.1) is 18.0 Å². The molecule has 0 spiro atoms. The number of carbonyl (C=O) groups is 1. The van der Waals surface area contributed by atoms with E-state index in [1.807, 2.05) is 6.92 Å². The third kappa shape index (κ3) is 2.96. The van der Waals surface area contributed by atoms with E-state index in [-0.39, 0.29) is 11.3 Å². The minimum Gasteiger partial charge on any atom is -0.340 e. The van der Waals surface area contributed by atoms with Gasteiger partial charge in [-0.1, -0.05) is 0 Å². The van der Waals surface area contributed by atoms with Crippen LogP contribution in [0.1, 0.15) is 17.3 Å². The van der Waals surface area contributed by atoms with Crippen LogP contribution in [-0.4, -0.2) is 40.0 Å². The van der Waals surface area contributed by atoms with Crippen molar-refractivity contribution >= 4 is 17.5 Å². The number of hydrogen-bond donors (Lipinski definition) is 0. The maximum absolute atomic E-state index is 11.7. The number of amides is 1. The van der Waals surface area contributed by atoms with Gasteiger partial charge in [-0.15, -0.1) is 11.6 Å². The Bertz CT molecular complexity index is 302. The van der Waals surface area contributed by atoms with Gasteiger partial charge in [0.1, 0.15) is 0 Å². The largest absolute Gasteiger partial charge is 0.340 e. The Morgan fingerprint density at radius 3 is 2.86 bits per heavy atom. The molecule has 14 heavy (non-hydrogen) atoms. The Hall–Kier alpha value is -1.16. The molecule has 0 saturated carbocycles. The van der Waals surface area contributed by atoms with Crippen LogP contribution in [0, 0.1) is 0 Å². The smallest absolute Gasteiger partial charge is 0.255 e. The Kier molecular flexibility index (Phi) is 3.83. The Labute approximate surface area is 87.9 Å². The molecule has 0 aromatic carbocycles. The molecule has 0 N–H and O–H groups in total. The van der Waals surface area contributed by atoms with Gasteiger partial charge in [0.25, 0.3) is 5.91 Å². The molecule has 1 unspecified atom stereocenters. The Morgan fingerprint density at radius 1 is 1.64 bits per heavy atom. The minimum atomic E-state index is -0.0904. The number of rotatable bonds is 3. The Morgan fingerprint density at radius 2 is 2.36 bits per heavy atom. The van der Waals surface area contributed by atoms with Crippen molar-refractivity contribution in [2.45, 2.75) is 12.3 Å². The van der Waals surface area contributed by atoms with Crippen molar-refractivity contribution in [3.63, 3.8) is 0 Å². The van der Waals surface area contributed by atoms with Crippen molar-refractivity contribution in [2.75, 3.05) is 13.6 Å². The summed E-state index contributed by atoms with van der Waals surface area (Å²) in [6.45, 7) is 2.36. The molecule has 1 amide bonds. The predicted octanol–water partition coefficient (Wildman–Crippen LogP) is 1.18. The van der Waals surface area contributed by atoms with Crippen molar-refractivity contribution < 1.29 is 4.79 Å². The molecule has 0 fully saturated rings. The Balaban J connectivity index is 2.66.